The predicted molar refractivity (Wildman–Crippen MR) is 184 cm³/mol. The molecule has 4 aromatic carbocycles. The molecule has 1 atom stereocenters. The van der Waals surface area contributed by atoms with Gasteiger partial charge in [-0.3, -0.25) is 4.79 Å². The SMILES string of the molecule is COC(=O)CCCCCC(c1ccccc1)c1c(C)c(O[Si](c2ccccc2)(c2ccccc2)C(C)(C)C)c(C)c(C)c1O. The van der Waals surface area contributed by atoms with Gasteiger partial charge >= 0.3 is 14.3 Å². The van der Waals surface area contributed by atoms with E-state index in [4.69, 9.17) is 9.16 Å². The van der Waals surface area contributed by atoms with Crippen molar-refractivity contribution in [2.75, 3.05) is 7.11 Å². The zero-order valence-electron chi connectivity index (χ0n) is 27.4. The van der Waals surface area contributed by atoms with Crippen LogP contribution in [0.3, 0.4) is 0 Å². The van der Waals surface area contributed by atoms with Gasteiger partial charge in [0.1, 0.15) is 11.5 Å². The number of rotatable bonds is 12. The van der Waals surface area contributed by atoms with Crippen LogP contribution in [0.15, 0.2) is 91.0 Å². The van der Waals surface area contributed by atoms with Crippen molar-refractivity contribution in [3.63, 3.8) is 0 Å². The van der Waals surface area contributed by atoms with Gasteiger partial charge < -0.3 is 14.3 Å². The lowest BCUT2D eigenvalue weighted by molar-refractivity contribution is -0.140. The van der Waals surface area contributed by atoms with Crippen LogP contribution in [0.2, 0.25) is 5.04 Å². The Morgan fingerprint density at radius 1 is 0.750 bits per heavy atom. The average Bonchev–Trinajstić information content (AvgIpc) is 3.03. The lowest BCUT2D eigenvalue weighted by Gasteiger charge is -2.44. The van der Waals surface area contributed by atoms with Gasteiger partial charge in [0.2, 0.25) is 0 Å². The molecule has 44 heavy (non-hydrogen) atoms. The molecule has 0 aliphatic heterocycles. The first kappa shape index (κ1) is 33.1. The van der Waals surface area contributed by atoms with Crippen molar-refractivity contribution in [1.29, 1.82) is 0 Å². The standard InChI is InChI=1S/C39H48O4Si/c1-28-29(2)38(43-44(39(4,5)6,32-22-14-9-15-23-32)33-24-16-10-17-25-33)30(3)36(37(28)41)34(31-20-12-8-13-21-31)26-18-11-19-27-35(40)42-7/h8-10,12-17,20-25,34,41H,11,18-19,26-27H2,1-7H3. The molecule has 232 valence electrons. The van der Waals surface area contributed by atoms with E-state index < -0.39 is 8.32 Å². The summed E-state index contributed by atoms with van der Waals surface area (Å²) in [5, 5.41) is 14.0. The molecule has 4 nitrogen and oxygen atoms in total. The normalized spacial score (nSPS) is 12.5. The van der Waals surface area contributed by atoms with Crippen LogP contribution in [-0.2, 0) is 9.53 Å². The fraction of sp³-hybridized carbons (Fsp3) is 0.359. The quantitative estimate of drug-likeness (QED) is 0.0995. The number of hydrogen-bond acceptors (Lipinski definition) is 4. The van der Waals surface area contributed by atoms with Crippen molar-refractivity contribution < 1.29 is 19.1 Å². The monoisotopic (exact) mass is 608 g/mol. The molecule has 0 spiro atoms. The largest absolute Gasteiger partial charge is 0.534 e. The molecule has 0 saturated carbocycles. The Kier molecular flexibility index (Phi) is 10.7. The van der Waals surface area contributed by atoms with Gasteiger partial charge in [-0.25, -0.2) is 0 Å². The summed E-state index contributed by atoms with van der Waals surface area (Å²) in [5.74, 6) is 1.03. The molecule has 0 aliphatic rings. The van der Waals surface area contributed by atoms with Crippen LogP contribution in [0.1, 0.15) is 86.6 Å². The minimum absolute atomic E-state index is 0.0184. The summed E-state index contributed by atoms with van der Waals surface area (Å²) in [5.41, 5.74) is 4.91. The van der Waals surface area contributed by atoms with Gasteiger partial charge in [-0.05, 0) is 71.3 Å². The van der Waals surface area contributed by atoms with Gasteiger partial charge in [0.25, 0.3) is 0 Å². The maximum atomic E-state index is 11.8. The van der Waals surface area contributed by atoms with Gasteiger partial charge in [-0.15, -0.1) is 0 Å². The minimum atomic E-state index is -2.91. The second-order valence-corrected chi connectivity index (χ2v) is 17.1. The Morgan fingerprint density at radius 2 is 1.27 bits per heavy atom. The smallest absolute Gasteiger partial charge is 0.319 e. The van der Waals surface area contributed by atoms with E-state index in [-0.39, 0.29) is 16.9 Å². The third kappa shape index (κ3) is 6.78. The van der Waals surface area contributed by atoms with Crippen molar-refractivity contribution in [2.24, 2.45) is 0 Å². The zero-order valence-corrected chi connectivity index (χ0v) is 28.4. The first-order valence-electron chi connectivity index (χ1n) is 15.8. The molecule has 0 fully saturated rings. The number of methoxy groups -OCH3 is 1. The van der Waals surface area contributed by atoms with E-state index in [1.807, 2.05) is 13.0 Å². The highest BCUT2D eigenvalue weighted by atomic mass is 28.4. The number of carbonyl (C=O) groups is 1. The predicted octanol–water partition coefficient (Wildman–Crippen LogP) is 8.51. The molecule has 4 aromatic rings. The minimum Gasteiger partial charge on any atom is -0.534 e. The Labute approximate surface area is 265 Å². The van der Waals surface area contributed by atoms with E-state index in [9.17, 15) is 9.90 Å². The van der Waals surface area contributed by atoms with Gasteiger partial charge in [0.05, 0.1) is 7.11 Å². The maximum Gasteiger partial charge on any atom is 0.319 e. The van der Waals surface area contributed by atoms with Crippen molar-refractivity contribution in [3.8, 4) is 11.5 Å². The highest BCUT2D eigenvalue weighted by Crippen LogP contribution is 2.47. The van der Waals surface area contributed by atoms with E-state index in [0.29, 0.717) is 12.2 Å². The number of aromatic hydroxyl groups is 1. The summed E-state index contributed by atoms with van der Waals surface area (Å²) in [6.45, 7) is 13.1. The molecule has 0 saturated heterocycles. The maximum absolute atomic E-state index is 11.8. The van der Waals surface area contributed by atoms with Gasteiger partial charge in [0.15, 0.2) is 0 Å². The van der Waals surface area contributed by atoms with E-state index in [2.05, 4.69) is 120 Å². The number of carbonyl (C=O) groups excluding carboxylic acids is 1. The lowest BCUT2D eigenvalue weighted by atomic mass is 9.82. The number of benzene rings is 4. The first-order valence-corrected chi connectivity index (χ1v) is 17.7. The number of phenolic OH excluding ortho intramolecular Hbond substituents is 1. The molecule has 0 radical (unpaired) electrons. The van der Waals surface area contributed by atoms with Crippen LogP contribution in [0, 0.1) is 20.8 Å². The molecule has 0 aromatic heterocycles. The van der Waals surface area contributed by atoms with Crippen LogP contribution >= 0.6 is 0 Å². The van der Waals surface area contributed by atoms with Crippen molar-refractivity contribution in [3.05, 3.63) is 119 Å². The van der Waals surface area contributed by atoms with Crippen LogP contribution in [0.5, 0.6) is 11.5 Å². The van der Waals surface area contributed by atoms with E-state index in [0.717, 1.165) is 53.7 Å². The first-order chi connectivity index (χ1) is 21.0. The number of ether oxygens (including phenoxy) is 1. The number of hydrogen-bond donors (Lipinski definition) is 1. The van der Waals surface area contributed by atoms with Gasteiger partial charge in [0, 0.05) is 17.9 Å². The van der Waals surface area contributed by atoms with Gasteiger partial charge in [-0.1, -0.05) is 125 Å². The number of esters is 1. The number of phenols is 1. The molecular weight excluding hydrogens is 561 g/mol. The topological polar surface area (TPSA) is 55.8 Å². The summed E-state index contributed by atoms with van der Waals surface area (Å²) in [7, 11) is -1.47. The van der Waals surface area contributed by atoms with E-state index in [1.54, 1.807) is 0 Å². The van der Waals surface area contributed by atoms with Gasteiger partial charge in [-0.2, -0.15) is 0 Å². The van der Waals surface area contributed by atoms with Crippen molar-refractivity contribution in [2.45, 2.75) is 84.6 Å². The molecule has 5 heteroatoms. The fourth-order valence-electron chi connectivity index (χ4n) is 6.57. The van der Waals surface area contributed by atoms with E-state index >= 15 is 0 Å². The Morgan fingerprint density at radius 3 is 1.77 bits per heavy atom. The highest BCUT2D eigenvalue weighted by Gasteiger charge is 2.52. The lowest BCUT2D eigenvalue weighted by Crippen LogP contribution is -2.69. The highest BCUT2D eigenvalue weighted by molar-refractivity contribution is 7.00. The Balaban J connectivity index is 1.88. The number of unbranched alkanes of at least 4 members (excludes halogenated alkanes) is 2. The molecule has 1 N–H and O–H groups in total. The molecule has 1 unspecified atom stereocenters. The second kappa shape index (κ2) is 14.3. The molecule has 0 amide bonds. The summed E-state index contributed by atoms with van der Waals surface area (Å²) in [4.78, 5) is 11.7. The third-order valence-electron chi connectivity index (χ3n) is 9.08. The van der Waals surface area contributed by atoms with E-state index in [1.165, 1.54) is 23.0 Å². The average molecular weight is 609 g/mol. The fourth-order valence-corrected chi connectivity index (χ4v) is 11.1. The molecule has 0 heterocycles. The second-order valence-electron chi connectivity index (χ2n) is 12.9. The summed E-state index contributed by atoms with van der Waals surface area (Å²) in [6.07, 6.45) is 3.90. The van der Waals surface area contributed by atoms with Crippen LogP contribution in [0.4, 0.5) is 0 Å². The molecule has 0 bridgehead atoms. The summed E-state index contributed by atoms with van der Waals surface area (Å²) in [6, 6.07) is 31.8. The van der Waals surface area contributed by atoms with Crippen LogP contribution in [0.25, 0.3) is 0 Å². The molecular formula is C39H48O4Si. The molecule has 4 rings (SSSR count). The zero-order chi connectivity index (χ0) is 31.9. The summed E-state index contributed by atoms with van der Waals surface area (Å²) >= 11 is 0. The Bertz CT molecular complexity index is 1490. The summed E-state index contributed by atoms with van der Waals surface area (Å²) < 4.78 is 12.5. The Hall–Kier alpha value is -3.83. The molecule has 0 aliphatic carbocycles. The third-order valence-corrected chi connectivity index (χ3v) is 14.0. The van der Waals surface area contributed by atoms with Crippen molar-refractivity contribution >= 4 is 24.7 Å². The van der Waals surface area contributed by atoms with Crippen molar-refractivity contribution in [1.82, 2.24) is 0 Å². The van der Waals surface area contributed by atoms with Crippen LogP contribution in [-0.4, -0.2) is 26.5 Å². The van der Waals surface area contributed by atoms with Crippen LogP contribution < -0.4 is 14.8 Å².